The molecule has 3 heteroatoms. The second kappa shape index (κ2) is 6.00. The Labute approximate surface area is 134 Å². The summed E-state index contributed by atoms with van der Waals surface area (Å²) in [5.41, 5.74) is 5.46. The van der Waals surface area contributed by atoms with Crippen molar-refractivity contribution in [3.05, 3.63) is 59.9 Å². The lowest BCUT2D eigenvalue weighted by molar-refractivity contribution is -0.654. The molecule has 0 atom stereocenters. The number of hydrogen-bond donors (Lipinski definition) is 0. The lowest BCUT2D eigenvalue weighted by Crippen LogP contribution is -2.65. The Balaban J connectivity index is 2.08. The highest BCUT2D eigenvalue weighted by Gasteiger charge is 2.35. The summed E-state index contributed by atoms with van der Waals surface area (Å²) in [6.07, 6.45) is 7.70. The first-order chi connectivity index (χ1) is 10.6. The van der Waals surface area contributed by atoms with E-state index in [0.717, 1.165) is 6.42 Å². The minimum atomic E-state index is 0.276. The van der Waals surface area contributed by atoms with Crippen molar-refractivity contribution >= 4 is 24.0 Å². The Morgan fingerprint density at radius 2 is 1.95 bits per heavy atom. The third-order valence-electron chi connectivity index (χ3n) is 4.36. The van der Waals surface area contributed by atoms with E-state index < -0.39 is 0 Å². The largest absolute Gasteiger partial charge is 0.411 e. The van der Waals surface area contributed by atoms with E-state index >= 15 is 0 Å². The maximum Gasteiger partial charge on any atom is 0.403 e. The van der Waals surface area contributed by atoms with Gasteiger partial charge in [-0.1, -0.05) is 38.1 Å². The van der Waals surface area contributed by atoms with Gasteiger partial charge in [-0.25, -0.2) is 4.57 Å². The van der Waals surface area contributed by atoms with Gasteiger partial charge in [-0.05, 0) is 48.3 Å². The predicted molar refractivity (Wildman–Crippen MR) is 94.4 cm³/mol. The van der Waals surface area contributed by atoms with Crippen molar-refractivity contribution in [1.29, 1.82) is 0 Å². The molecule has 0 spiro atoms. The van der Waals surface area contributed by atoms with E-state index in [9.17, 15) is 0 Å². The highest BCUT2D eigenvalue weighted by molar-refractivity contribution is 6.82. The average Bonchev–Trinajstić information content (AvgIpc) is 2.49. The second-order valence-electron chi connectivity index (χ2n) is 6.68. The standard InChI is InChI=1S/C19H24BN2/c1-15(2)13-16-9-11-21(3)19(14-16)20-18-8-6-5-7-17(18)10-12-22(20)4/h5-12,14-15H,13H2,1-4H3/q+1. The topological polar surface area (TPSA) is 7.12 Å². The second-order valence-corrected chi connectivity index (χ2v) is 6.68. The number of aryl methyl sites for hydroxylation is 1. The fourth-order valence-electron chi connectivity index (χ4n) is 3.29. The van der Waals surface area contributed by atoms with Gasteiger partial charge in [0, 0.05) is 12.1 Å². The molecule has 0 saturated heterocycles. The van der Waals surface area contributed by atoms with Crippen LogP contribution in [0.2, 0.25) is 0 Å². The van der Waals surface area contributed by atoms with Crippen LogP contribution in [0.4, 0.5) is 0 Å². The van der Waals surface area contributed by atoms with Crippen molar-refractivity contribution in [1.82, 2.24) is 4.81 Å². The third kappa shape index (κ3) is 2.80. The number of hydrogen-bond acceptors (Lipinski definition) is 1. The molecule has 112 valence electrons. The van der Waals surface area contributed by atoms with Crippen LogP contribution in [0.5, 0.6) is 0 Å². The summed E-state index contributed by atoms with van der Waals surface area (Å²) in [6.45, 7) is 4.83. The molecule has 2 aromatic rings. The van der Waals surface area contributed by atoms with Crippen LogP contribution in [-0.2, 0) is 13.5 Å². The number of benzene rings is 1. The summed E-state index contributed by atoms with van der Waals surface area (Å²) in [6, 6.07) is 13.3. The number of fused-ring (bicyclic) bond motifs is 1. The Hall–Kier alpha value is -2.03. The highest BCUT2D eigenvalue weighted by Crippen LogP contribution is 2.11. The molecular weight excluding hydrogens is 267 g/mol. The summed E-state index contributed by atoms with van der Waals surface area (Å²) in [7, 11) is 4.30. The van der Waals surface area contributed by atoms with E-state index in [2.05, 4.69) is 92.2 Å². The smallest absolute Gasteiger partial charge is 0.403 e. The molecule has 1 aliphatic heterocycles. The quantitative estimate of drug-likeness (QED) is 0.617. The number of pyridine rings is 1. The van der Waals surface area contributed by atoms with Crippen molar-refractivity contribution in [3.63, 3.8) is 0 Å². The fraction of sp³-hybridized carbons (Fsp3) is 0.316. The lowest BCUT2D eigenvalue weighted by Gasteiger charge is -2.27. The monoisotopic (exact) mass is 291 g/mol. The van der Waals surface area contributed by atoms with Gasteiger partial charge in [-0.15, -0.1) is 0 Å². The number of nitrogens with zero attached hydrogens (tertiary/aromatic N) is 2. The van der Waals surface area contributed by atoms with Gasteiger partial charge in [0.2, 0.25) is 0 Å². The van der Waals surface area contributed by atoms with Gasteiger partial charge in [0.1, 0.15) is 7.05 Å². The molecule has 1 aliphatic rings. The first kappa shape index (κ1) is 14.9. The molecule has 0 unspecified atom stereocenters. The van der Waals surface area contributed by atoms with Crippen LogP contribution in [0.25, 0.3) is 6.08 Å². The zero-order chi connectivity index (χ0) is 15.7. The van der Waals surface area contributed by atoms with Gasteiger partial charge < -0.3 is 4.81 Å². The Bertz CT molecular complexity index is 706. The van der Waals surface area contributed by atoms with Crippen LogP contribution >= 0.6 is 0 Å². The van der Waals surface area contributed by atoms with E-state index in [1.165, 1.54) is 22.2 Å². The van der Waals surface area contributed by atoms with Gasteiger partial charge in [-0.2, -0.15) is 0 Å². The maximum atomic E-state index is 2.37. The van der Waals surface area contributed by atoms with Crippen LogP contribution < -0.4 is 15.6 Å². The molecule has 2 heterocycles. The number of aromatic nitrogens is 1. The van der Waals surface area contributed by atoms with Crippen molar-refractivity contribution in [2.45, 2.75) is 20.3 Å². The van der Waals surface area contributed by atoms with E-state index in [4.69, 9.17) is 0 Å². The van der Waals surface area contributed by atoms with E-state index in [1.807, 2.05) is 0 Å². The summed E-state index contributed by atoms with van der Waals surface area (Å²) in [4.78, 5) is 2.30. The van der Waals surface area contributed by atoms with Crippen molar-refractivity contribution in [2.24, 2.45) is 13.0 Å². The number of rotatable bonds is 3. The molecule has 22 heavy (non-hydrogen) atoms. The lowest BCUT2D eigenvalue weighted by atomic mass is 9.49. The fourth-order valence-corrected chi connectivity index (χ4v) is 3.29. The first-order valence-corrected chi connectivity index (χ1v) is 8.04. The summed E-state index contributed by atoms with van der Waals surface area (Å²) >= 11 is 0. The molecule has 0 N–H and O–H groups in total. The summed E-state index contributed by atoms with van der Waals surface area (Å²) < 4.78 is 2.25. The average molecular weight is 291 g/mol. The predicted octanol–water partition coefficient (Wildman–Crippen LogP) is 1.73. The van der Waals surface area contributed by atoms with Crippen LogP contribution in [-0.4, -0.2) is 18.7 Å². The van der Waals surface area contributed by atoms with Gasteiger partial charge in [0.15, 0.2) is 11.8 Å². The van der Waals surface area contributed by atoms with Crippen LogP contribution in [0.1, 0.15) is 25.0 Å². The van der Waals surface area contributed by atoms with Gasteiger partial charge in [0.25, 0.3) is 0 Å². The van der Waals surface area contributed by atoms with Crippen LogP contribution in [0, 0.1) is 5.92 Å². The molecule has 0 aliphatic carbocycles. The molecule has 0 bridgehead atoms. The van der Waals surface area contributed by atoms with Crippen molar-refractivity contribution in [3.8, 4) is 0 Å². The van der Waals surface area contributed by atoms with Crippen LogP contribution in [0.15, 0.2) is 48.8 Å². The van der Waals surface area contributed by atoms with Crippen molar-refractivity contribution in [2.75, 3.05) is 7.05 Å². The molecule has 0 amide bonds. The summed E-state index contributed by atoms with van der Waals surface area (Å²) in [5.74, 6) is 0.678. The Morgan fingerprint density at radius 3 is 2.73 bits per heavy atom. The zero-order valence-corrected chi connectivity index (χ0v) is 14.0. The van der Waals surface area contributed by atoms with E-state index in [0.29, 0.717) is 5.92 Å². The summed E-state index contributed by atoms with van der Waals surface area (Å²) in [5, 5.41) is 0. The van der Waals surface area contributed by atoms with Gasteiger partial charge in [-0.3, -0.25) is 0 Å². The third-order valence-corrected chi connectivity index (χ3v) is 4.36. The van der Waals surface area contributed by atoms with Crippen molar-refractivity contribution < 1.29 is 4.57 Å². The zero-order valence-electron chi connectivity index (χ0n) is 14.0. The SMILES string of the molecule is CC(C)Cc1cc[n+](C)c(B2c3ccccc3C=CN2C)c1. The molecule has 0 radical (unpaired) electrons. The Kier molecular flexibility index (Phi) is 4.06. The molecule has 0 fully saturated rings. The van der Waals surface area contributed by atoms with Gasteiger partial charge in [0.05, 0.1) is 0 Å². The minimum absolute atomic E-state index is 0.276. The van der Waals surface area contributed by atoms with E-state index in [1.54, 1.807) is 0 Å². The molecular formula is C19H24BN2+. The minimum Gasteiger partial charge on any atom is -0.411 e. The Morgan fingerprint density at radius 1 is 1.18 bits per heavy atom. The molecule has 2 nitrogen and oxygen atoms in total. The maximum absolute atomic E-state index is 2.37. The van der Waals surface area contributed by atoms with E-state index in [-0.39, 0.29) is 6.85 Å². The highest BCUT2D eigenvalue weighted by atomic mass is 15.0. The van der Waals surface area contributed by atoms with Crippen LogP contribution in [0.3, 0.4) is 0 Å². The molecule has 1 aromatic carbocycles. The molecule has 0 saturated carbocycles. The first-order valence-electron chi connectivity index (χ1n) is 8.04. The van der Waals surface area contributed by atoms with Gasteiger partial charge >= 0.3 is 6.85 Å². The molecule has 3 rings (SSSR count). The normalized spacial score (nSPS) is 13.7. The molecule has 1 aromatic heterocycles.